The summed E-state index contributed by atoms with van der Waals surface area (Å²) in [5, 5.41) is 58.4. The van der Waals surface area contributed by atoms with Gasteiger partial charge in [-0.2, -0.15) is 15.3 Å². The molecule has 0 aliphatic rings. The third-order valence-electron chi connectivity index (χ3n) is 7.88. The maximum atomic E-state index is 12.6. The molecule has 0 saturated heterocycles. The topological polar surface area (TPSA) is 278 Å². The number of aryl methyl sites for hydroxylation is 1. The van der Waals surface area contributed by atoms with Gasteiger partial charge in [0.1, 0.15) is 0 Å². The van der Waals surface area contributed by atoms with Crippen LogP contribution in [0.2, 0.25) is 0 Å². The summed E-state index contributed by atoms with van der Waals surface area (Å²) in [6.07, 6.45) is 0. The van der Waals surface area contributed by atoms with E-state index in [1.165, 1.54) is 37.8 Å². The molecule has 1 amide bonds. The second-order valence-electron chi connectivity index (χ2n) is 11.6. The summed E-state index contributed by atoms with van der Waals surface area (Å²) >= 11 is 0. The van der Waals surface area contributed by atoms with Gasteiger partial charge in [0.25, 0.3) is 5.56 Å². The molecule has 1 heterocycles. The molecule has 21 heteroatoms. The summed E-state index contributed by atoms with van der Waals surface area (Å²) in [6.45, 7) is 2.98. The molecule has 57 heavy (non-hydrogen) atoms. The van der Waals surface area contributed by atoms with Crippen LogP contribution in [0.3, 0.4) is 0 Å². The molecule has 0 saturated carbocycles. The first-order valence-corrected chi connectivity index (χ1v) is 19.2. The fraction of sp³-hybridized carbons (Fsp3) is 0.111. The van der Waals surface area contributed by atoms with Crippen molar-refractivity contribution in [2.75, 3.05) is 19.4 Å². The Morgan fingerprint density at radius 1 is 0.684 bits per heavy atom. The number of nitrogens with zero attached hydrogens (tertiary/aromatic N) is 5. The molecule has 18 nitrogen and oxygen atoms in total. The Morgan fingerprint density at radius 2 is 1.21 bits per heavy atom. The average molecular weight is 858 g/mol. The minimum Gasteiger partial charge on any atom is -0.871 e. The molecule has 0 fully saturated rings. The molecule has 4 N–H and O–H groups in total. The summed E-state index contributed by atoms with van der Waals surface area (Å²) < 4.78 is 53.2. The maximum Gasteiger partial charge on any atom is 3.00 e. The van der Waals surface area contributed by atoms with E-state index in [0.717, 1.165) is 30.3 Å². The third kappa shape index (κ3) is 9.96. The summed E-state index contributed by atoms with van der Waals surface area (Å²) in [5.74, 6) is -1.86. The quantitative estimate of drug-likeness (QED) is 0.144. The van der Waals surface area contributed by atoms with Crippen molar-refractivity contribution in [2.45, 2.75) is 23.6 Å². The smallest absolute Gasteiger partial charge is 0.871 e. The van der Waals surface area contributed by atoms with Gasteiger partial charge in [0.2, 0.25) is 26.0 Å². The van der Waals surface area contributed by atoms with Crippen LogP contribution in [-0.4, -0.2) is 46.6 Å². The van der Waals surface area contributed by atoms with Gasteiger partial charge in [-0.05, 0) is 68.9 Å². The number of aromatic amines is 1. The number of H-pyrrole nitrogens is 1. The van der Waals surface area contributed by atoms with E-state index in [1.807, 2.05) is 6.07 Å². The van der Waals surface area contributed by atoms with Crippen LogP contribution in [0.1, 0.15) is 12.6 Å². The molecule has 0 bridgehead atoms. The predicted molar refractivity (Wildman–Crippen MR) is 201 cm³/mol. The van der Waals surface area contributed by atoms with Gasteiger partial charge in [-0.15, -0.1) is 5.11 Å². The molecule has 5 aromatic carbocycles. The average Bonchev–Trinajstić information content (AvgIpc) is 3.46. The zero-order valence-electron chi connectivity index (χ0n) is 30.3. The van der Waals surface area contributed by atoms with Crippen LogP contribution in [0, 0.1) is 6.92 Å². The zero-order valence-corrected chi connectivity index (χ0v) is 33.0. The Morgan fingerprint density at radius 3 is 1.74 bits per heavy atom. The van der Waals surface area contributed by atoms with Gasteiger partial charge in [-0.25, -0.2) is 31.0 Å². The van der Waals surface area contributed by atoms with Crippen LogP contribution in [-0.2, 0) is 41.6 Å². The second kappa shape index (κ2) is 18.1. The van der Waals surface area contributed by atoms with Gasteiger partial charge in [-0.1, -0.05) is 71.8 Å². The Balaban J connectivity index is 0.000000249. The van der Waals surface area contributed by atoms with Crippen molar-refractivity contribution in [2.24, 2.45) is 20.5 Å². The van der Waals surface area contributed by atoms with Gasteiger partial charge < -0.3 is 20.6 Å². The Kier molecular flexibility index (Phi) is 13.8. The van der Waals surface area contributed by atoms with Crippen molar-refractivity contribution >= 4 is 65.2 Å². The minimum atomic E-state index is -3.78. The number of sulfonamides is 2. The van der Waals surface area contributed by atoms with Gasteiger partial charge in [-0.3, -0.25) is 14.7 Å². The number of hydrogen-bond donors (Lipinski definition) is 4. The Labute approximate surface area is 336 Å². The number of aromatic nitrogens is 2. The van der Waals surface area contributed by atoms with Gasteiger partial charge in [0, 0.05) is 12.3 Å². The minimum absolute atomic E-state index is 0. The molecule has 0 aliphatic carbocycles. The molecular formula is C36H32CoN9O9S2. The van der Waals surface area contributed by atoms with Crippen LogP contribution < -0.4 is 35.6 Å². The zero-order chi connectivity index (χ0) is 40.8. The standard InChI is InChI=1S/C19H18N4O5S.C17H17N5O4S.Co/c1-11(24)21-14-5-3-4-12-6-8-17(26)19(18(12)14)23-22-15-10-13(7-9-16(15)25)29(27,28)20-2;1-11-16(17(24)22(21-11)12-6-4-3-5-7-12)20-19-14-10-13(8-9-15(14)23)27(25,26)18-2;/h3-10,20,25-26H,1-2H3,(H,21,24);3-10,18,21,23H,1-2H3;/q;;+3/p-3. The fourth-order valence-corrected chi connectivity index (χ4v) is 6.58. The molecule has 0 radical (unpaired) electrons. The number of nitrogens with one attached hydrogen (secondary N) is 4. The SMILES string of the molecule is CNS(=O)(=O)c1ccc([O-])c(N=Nc2c(C)[nH]n(-c3ccccc3)c2=O)c1.CNS(=O)(=O)c1ccc([O-])c(N=Nc2c([O-])ccc3cccc(NC(C)=O)c23)c1.[Co+3]. The van der Waals surface area contributed by atoms with E-state index >= 15 is 0 Å². The van der Waals surface area contributed by atoms with Gasteiger partial charge >= 0.3 is 16.8 Å². The largest absolute Gasteiger partial charge is 3.00 e. The molecule has 0 unspecified atom stereocenters. The van der Waals surface area contributed by atoms with Crippen molar-refractivity contribution in [3.63, 3.8) is 0 Å². The molecule has 6 rings (SSSR count). The first kappa shape index (κ1) is 43.5. The number of carbonyl (C=O) groups is 1. The fourth-order valence-electron chi connectivity index (χ4n) is 5.08. The number of amides is 1. The first-order chi connectivity index (χ1) is 26.6. The van der Waals surface area contributed by atoms with E-state index in [2.05, 4.69) is 40.3 Å². The summed E-state index contributed by atoms with van der Waals surface area (Å²) in [7, 11) is -5.01. The maximum absolute atomic E-state index is 12.6. The van der Waals surface area contributed by atoms with Crippen molar-refractivity contribution in [3.8, 4) is 22.9 Å². The number of para-hydroxylation sites is 1. The molecule has 1 aromatic heterocycles. The monoisotopic (exact) mass is 857 g/mol. The third-order valence-corrected chi connectivity index (χ3v) is 10.7. The van der Waals surface area contributed by atoms with Gasteiger partial charge in [0.05, 0.1) is 43.9 Å². The Bertz CT molecular complexity index is 2790. The first-order valence-electron chi connectivity index (χ1n) is 16.3. The number of rotatable bonds is 10. The number of fused-ring (bicyclic) bond motifs is 1. The van der Waals surface area contributed by atoms with Crippen LogP contribution >= 0.6 is 0 Å². The number of hydrogen-bond acceptors (Lipinski definition) is 13. The summed E-state index contributed by atoms with van der Waals surface area (Å²) in [5.41, 5.74) is 0.544. The number of benzene rings is 5. The molecule has 296 valence electrons. The van der Waals surface area contributed by atoms with Gasteiger partial charge in [0.15, 0.2) is 5.69 Å². The molecule has 6 aromatic rings. The van der Waals surface area contributed by atoms with E-state index in [9.17, 15) is 41.7 Å². The van der Waals surface area contributed by atoms with Crippen LogP contribution in [0.5, 0.6) is 17.2 Å². The van der Waals surface area contributed by atoms with Crippen molar-refractivity contribution < 1.29 is 53.7 Å². The van der Waals surface area contributed by atoms with E-state index in [-0.39, 0.29) is 55.2 Å². The van der Waals surface area contributed by atoms with Crippen molar-refractivity contribution in [1.29, 1.82) is 0 Å². The second-order valence-corrected chi connectivity index (χ2v) is 15.4. The van der Waals surface area contributed by atoms with E-state index in [0.29, 0.717) is 27.8 Å². The van der Waals surface area contributed by atoms with Crippen LogP contribution in [0.4, 0.5) is 28.4 Å². The Hall–Kier alpha value is -6.23. The molecule has 0 atom stereocenters. The number of anilines is 1. The van der Waals surface area contributed by atoms with E-state index in [1.54, 1.807) is 55.5 Å². The molecule has 0 spiro atoms. The van der Waals surface area contributed by atoms with Crippen LogP contribution in [0.15, 0.2) is 132 Å². The summed E-state index contributed by atoms with van der Waals surface area (Å²) in [6, 6.07) is 23.5. The van der Waals surface area contributed by atoms with Crippen LogP contribution in [0.25, 0.3) is 16.5 Å². The van der Waals surface area contributed by atoms with Crippen molar-refractivity contribution in [3.05, 3.63) is 113 Å². The molecular weight excluding hydrogens is 826 g/mol. The number of azo groups is 2. The van der Waals surface area contributed by atoms with Crippen molar-refractivity contribution in [1.82, 2.24) is 19.2 Å². The van der Waals surface area contributed by atoms with E-state index < -0.39 is 42.9 Å². The normalized spacial score (nSPS) is 11.6. The molecule has 0 aliphatic heterocycles. The van der Waals surface area contributed by atoms with E-state index in [4.69, 9.17) is 0 Å². The predicted octanol–water partition coefficient (Wildman–Crippen LogP) is 4.14. The number of carbonyl (C=O) groups excluding carboxylic acids is 1. The summed E-state index contributed by atoms with van der Waals surface area (Å²) in [4.78, 5) is 23.8.